The normalized spacial score (nSPS) is 12.8. The minimum absolute atomic E-state index is 0.0188. The lowest BCUT2D eigenvalue weighted by Gasteiger charge is -2.23. The molecule has 0 saturated heterocycles. The van der Waals surface area contributed by atoms with E-state index in [0.717, 1.165) is 15.6 Å². The van der Waals surface area contributed by atoms with Crippen molar-refractivity contribution in [3.05, 3.63) is 104 Å². The van der Waals surface area contributed by atoms with Gasteiger partial charge in [0.1, 0.15) is 0 Å². The molecular formula is C23H16BrCl2NO. The Balaban J connectivity index is 1.99. The monoisotopic (exact) mass is 471 g/mol. The first-order chi connectivity index (χ1) is 13.5. The molecule has 0 radical (unpaired) electrons. The molecule has 0 N–H and O–H groups in total. The van der Waals surface area contributed by atoms with E-state index >= 15 is 0 Å². The number of carbonyl (C=O) groups is 1. The molecule has 140 valence electrons. The summed E-state index contributed by atoms with van der Waals surface area (Å²) in [5, 5.41) is 11.1. The predicted octanol–water partition coefficient (Wildman–Crippen LogP) is 7.42. The van der Waals surface area contributed by atoms with Gasteiger partial charge in [0.15, 0.2) is 5.78 Å². The largest absolute Gasteiger partial charge is 0.294 e. The SMILES string of the molecule is N#CC(c1cccc(Cl)c1)C(CC(=O)c1ccc(Br)cc1)c1ccc(Cl)cc1. The molecule has 2 atom stereocenters. The lowest BCUT2D eigenvalue weighted by Crippen LogP contribution is -2.15. The van der Waals surface area contributed by atoms with Crippen molar-refractivity contribution in [2.45, 2.75) is 18.3 Å². The fraction of sp³-hybridized carbons (Fsp3) is 0.130. The average Bonchev–Trinajstić information content (AvgIpc) is 2.69. The molecule has 0 bridgehead atoms. The van der Waals surface area contributed by atoms with Gasteiger partial charge in [-0.05, 0) is 47.5 Å². The highest BCUT2D eigenvalue weighted by molar-refractivity contribution is 9.10. The molecule has 0 spiro atoms. The molecule has 0 fully saturated rings. The molecule has 3 aromatic carbocycles. The maximum Gasteiger partial charge on any atom is 0.163 e. The summed E-state index contributed by atoms with van der Waals surface area (Å²) >= 11 is 15.5. The van der Waals surface area contributed by atoms with Gasteiger partial charge in [0, 0.05) is 32.4 Å². The van der Waals surface area contributed by atoms with Gasteiger partial charge in [0.2, 0.25) is 0 Å². The maximum atomic E-state index is 12.9. The molecule has 5 heteroatoms. The topological polar surface area (TPSA) is 40.9 Å². The van der Waals surface area contributed by atoms with Crippen molar-refractivity contribution in [2.75, 3.05) is 0 Å². The number of rotatable bonds is 6. The maximum absolute atomic E-state index is 12.9. The minimum atomic E-state index is -0.515. The zero-order valence-electron chi connectivity index (χ0n) is 14.8. The highest BCUT2D eigenvalue weighted by atomic mass is 79.9. The third-order valence-electron chi connectivity index (χ3n) is 4.62. The van der Waals surface area contributed by atoms with E-state index in [1.54, 1.807) is 36.4 Å². The average molecular weight is 473 g/mol. The van der Waals surface area contributed by atoms with Gasteiger partial charge >= 0.3 is 0 Å². The van der Waals surface area contributed by atoms with Crippen molar-refractivity contribution >= 4 is 44.9 Å². The Labute approximate surface area is 182 Å². The van der Waals surface area contributed by atoms with E-state index in [1.807, 2.05) is 36.4 Å². The van der Waals surface area contributed by atoms with Crippen LogP contribution in [0.5, 0.6) is 0 Å². The number of nitriles is 1. The van der Waals surface area contributed by atoms with Crippen LogP contribution in [0, 0.1) is 11.3 Å². The molecule has 0 aliphatic rings. The van der Waals surface area contributed by atoms with Gasteiger partial charge in [-0.2, -0.15) is 5.26 Å². The van der Waals surface area contributed by atoms with Crippen LogP contribution >= 0.6 is 39.1 Å². The summed E-state index contributed by atoms with van der Waals surface area (Å²) in [6, 6.07) is 24.1. The summed E-state index contributed by atoms with van der Waals surface area (Å²) in [6.45, 7) is 0. The molecule has 3 aromatic rings. The first-order valence-corrected chi connectivity index (χ1v) is 10.2. The Morgan fingerprint density at radius 1 is 0.929 bits per heavy atom. The van der Waals surface area contributed by atoms with Gasteiger partial charge in [-0.3, -0.25) is 4.79 Å². The summed E-state index contributed by atoms with van der Waals surface area (Å²) < 4.78 is 0.909. The van der Waals surface area contributed by atoms with E-state index in [1.165, 1.54) is 0 Å². The Morgan fingerprint density at radius 2 is 1.61 bits per heavy atom. The van der Waals surface area contributed by atoms with Crippen molar-refractivity contribution in [1.29, 1.82) is 5.26 Å². The van der Waals surface area contributed by atoms with Gasteiger partial charge in [-0.15, -0.1) is 0 Å². The standard InChI is InChI=1S/C23H16BrCl2NO/c24-18-8-4-16(5-9-18)23(28)13-21(15-6-10-19(25)11-7-15)22(14-27)17-2-1-3-20(26)12-17/h1-12,21-22H,13H2. The van der Waals surface area contributed by atoms with Crippen LogP contribution in [-0.4, -0.2) is 5.78 Å². The number of nitrogens with zero attached hydrogens (tertiary/aromatic N) is 1. The van der Waals surface area contributed by atoms with E-state index in [4.69, 9.17) is 23.2 Å². The summed E-state index contributed by atoms with van der Waals surface area (Å²) in [4.78, 5) is 12.9. The molecule has 2 nitrogen and oxygen atoms in total. The third kappa shape index (κ3) is 5.02. The first-order valence-electron chi connectivity index (χ1n) is 8.67. The number of halogens is 3. The second-order valence-electron chi connectivity index (χ2n) is 6.45. The zero-order chi connectivity index (χ0) is 20.1. The highest BCUT2D eigenvalue weighted by Gasteiger charge is 2.28. The number of benzene rings is 3. The number of hydrogen-bond donors (Lipinski definition) is 0. The van der Waals surface area contributed by atoms with Crippen molar-refractivity contribution in [3.8, 4) is 6.07 Å². The molecule has 0 heterocycles. The number of Topliss-reactive ketones (excluding diaryl/α,β-unsaturated/α-hetero) is 1. The molecule has 3 rings (SSSR count). The molecular weight excluding hydrogens is 457 g/mol. The van der Waals surface area contributed by atoms with Crippen LogP contribution in [0.3, 0.4) is 0 Å². The predicted molar refractivity (Wildman–Crippen MR) is 117 cm³/mol. The lowest BCUT2D eigenvalue weighted by atomic mass is 9.78. The highest BCUT2D eigenvalue weighted by Crippen LogP contribution is 2.37. The second kappa shape index (κ2) is 9.39. The van der Waals surface area contributed by atoms with Crippen molar-refractivity contribution in [1.82, 2.24) is 0 Å². The van der Waals surface area contributed by atoms with Crippen LogP contribution in [-0.2, 0) is 0 Å². The Hall–Kier alpha value is -2.12. The van der Waals surface area contributed by atoms with Crippen LogP contribution < -0.4 is 0 Å². The molecule has 0 aliphatic carbocycles. The number of carbonyl (C=O) groups excluding carboxylic acids is 1. The van der Waals surface area contributed by atoms with Crippen molar-refractivity contribution in [3.63, 3.8) is 0 Å². The number of ketones is 1. The van der Waals surface area contributed by atoms with Crippen molar-refractivity contribution in [2.24, 2.45) is 0 Å². The fourth-order valence-electron chi connectivity index (χ4n) is 3.19. The summed E-state index contributed by atoms with van der Waals surface area (Å²) in [7, 11) is 0. The summed E-state index contributed by atoms with van der Waals surface area (Å²) in [6.07, 6.45) is 0.202. The quantitative estimate of drug-likeness (QED) is 0.350. The molecule has 0 aliphatic heterocycles. The van der Waals surface area contributed by atoms with Crippen LogP contribution in [0.1, 0.15) is 39.7 Å². The van der Waals surface area contributed by atoms with Crippen LogP contribution in [0.25, 0.3) is 0 Å². The molecule has 0 saturated carbocycles. The van der Waals surface area contributed by atoms with Crippen molar-refractivity contribution < 1.29 is 4.79 Å². The summed E-state index contributed by atoms with van der Waals surface area (Å²) in [5.41, 5.74) is 2.30. The Morgan fingerprint density at radius 3 is 2.21 bits per heavy atom. The van der Waals surface area contributed by atoms with E-state index in [2.05, 4.69) is 22.0 Å². The van der Waals surface area contributed by atoms with E-state index in [9.17, 15) is 10.1 Å². The molecule has 0 aromatic heterocycles. The van der Waals surface area contributed by atoms with Gasteiger partial charge in [0.25, 0.3) is 0 Å². The van der Waals surface area contributed by atoms with E-state index in [0.29, 0.717) is 15.6 Å². The minimum Gasteiger partial charge on any atom is -0.294 e. The van der Waals surface area contributed by atoms with Gasteiger partial charge in [-0.25, -0.2) is 0 Å². The second-order valence-corrected chi connectivity index (χ2v) is 8.24. The van der Waals surface area contributed by atoms with Crippen LogP contribution in [0.4, 0.5) is 0 Å². The van der Waals surface area contributed by atoms with Crippen LogP contribution in [0.15, 0.2) is 77.3 Å². The molecule has 0 amide bonds. The fourth-order valence-corrected chi connectivity index (χ4v) is 3.78. The summed E-state index contributed by atoms with van der Waals surface area (Å²) in [5.74, 6) is -0.856. The lowest BCUT2D eigenvalue weighted by molar-refractivity contribution is 0.0971. The van der Waals surface area contributed by atoms with Crippen LogP contribution in [0.2, 0.25) is 10.0 Å². The Kier molecular flexibility index (Phi) is 6.91. The zero-order valence-corrected chi connectivity index (χ0v) is 17.9. The Bertz CT molecular complexity index is 1010. The molecule has 2 unspecified atom stereocenters. The van der Waals surface area contributed by atoms with Gasteiger partial charge in [-0.1, -0.05) is 75.5 Å². The third-order valence-corrected chi connectivity index (χ3v) is 5.63. The van der Waals surface area contributed by atoms with E-state index in [-0.39, 0.29) is 18.1 Å². The van der Waals surface area contributed by atoms with Gasteiger partial charge < -0.3 is 0 Å². The van der Waals surface area contributed by atoms with E-state index < -0.39 is 5.92 Å². The first kappa shape index (κ1) is 20.6. The number of hydrogen-bond acceptors (Lipinski definition) is 2. The van der Waals surface area contributed by atoms with Gasteiger partial charge in [0.05, 0.1) is 12.0 Å². The smallest absolute Gasteiger partial charge is 0.163 e. The molecule has 28 heavy (non-hydrogen) atoms.